The summed E-state index contributed by atoms with van der Waals surface area (Å²) in [6.07, 6.45) is 1.00. The van der Waals surface area contributed by atoms with Gasteiger partial charge in [-0.2, -0.15) is 11.3 Å². The Morgan fingerprint density at radius 3 is 2.59 bits per heavy atom. The topological polar surface area (TPSA) is 71.0 Å². The van der Waals surface area contributed by atoms with E-state index in [-0.39, 0.29) is 18.5 Å². The van der Waals surface area contributed by atoms with Gasteiger partial charge >= 0.3 is 5.97 Å². The number of benzene rings is 1. The van der Waals surface area contributed by atoms with Crippen LogP contribution in [0.5, 0.6) is 5.75 Å². The van der Waals surface area contributed by atoms with Crippen LogP contribution in [-0.4, -0.2) is 55.4 Å². The lowest BCUT2D eigenvalue weighted by Gasteiger charge is -2.31. The number of hydrogen-bond donors (Lipinski definition) is 2. The predicted molar refractivity (Wildman–Crippen MR) is 114 cm³/mol. The van der Waals surface area contributed by atoms with Crippen LogP contribution in [0.1, 0.15) is 24.0 Å². The number of aliphatic hydroxyl groups is 1. The highest BCUT2D eigenvalue weighted by Crippen LogP contribution is 2.19. The molecular formula is C22H30N2O4S. The molecule has 1 fully saturated rings. The van der Waals surface area contributed by atoms with E-state index in [4.69, 9.17) is 9.47 Å². The van der Waals surface area contributed by atoms with E-state index in [1.54, 1.807) is 11.3 Å². The van der Waals surface area contributed by atoms with Gasteiger partial charge in [-0.3, -0.25) is 4.79 Å². The molecule has 0 saturated carbocycles. The smallest absolute Gasteiger partial charge is 0.308 e. The normalized spacial score (nSPS) is 16.5. The molecule has 0 unspecified atom stereocenters. The van der Waals surface area contributed by atoms with Gasteiger partial charge in [-0.15, -0.1) is 0 Å². The summed E-state index contributed by atoms with van der Waals surface area (Å²) in [6, 6.07) is 10.1. The van der Waals surface area contributed by atoms with Gasteiger partial charge in [0.15, 0.2) is 0 Å². The number of carbonyl (C=O) groups is 1. The first-order chi connectivity index (χ1) is 14.1. The maximum atomic E-state index is 11.6. The Balaban J connectivity index is 1.32. The molecule has 1 saturated heterocycles. The maximum absolute atomic E-state index is 11.6. The van der Waals surface area contributed by atoms with Gasteiger partial charge in [-0.1, -0.05) is 12.1 Å². The molecule has 1 atom stereocenters. The molecule has 7 heteroatoms. The third-order valence-corrected chi connectivity index (χ3v) is 5.93. The molecule has 1 aromatic carbocycles. The van der Waals surface area contributed by atoms with Crippen LogP contribution in [0, 0.1) is 5.92 Å². The van der Waals surface area contributed by atoms with Crippen LogP contribution in [0.25, 0.3) is 0 Å². The van der Waals surface area contributed by atoms with Crippen molar-refractivity contribution in [2.24, 2.45) is 5.92 Å². The van der Waals surface area contributed by atoms with Crippen molar-refractivity contribution in [3.63, 3.8) is 0 Å². The number of hydrogen-bond acceptors (Lipinski definition) is 7. The highest BCUT2D eigenvalue weighted by molar-refractivity contribution is 7.07. The van der Waals surface area contributed by atoms with E-state index in [0.29, 0.717) is 6.54 Å². The van der Waals surface area contributed by atoms with E-state index in [1.807, 2.05) is 24.3 Å². The zero-order valence-electron chi connectivity index (χ0n) is 16.9. The second-order valence-electron chi connectivity index (χ2n) is 7.44. The Bertz CT molecular complexity index is 728. The van der Waals surface area contributed by atoms with Crippen LogP contribution >= 0.6 is 11.3 Å². The van der Waals surface area contributed by atoms with Crippen molar-refractivity contribution in [3.05, 3.63) is 52.2 Å². The maximum Gasteiger partial charge on any atom is 0.308 e. The number of methoxy groups -OCH3 is 1. The Morgan fingerprint density at radius 1 is 1.21 bits per heavy atom. The summed E-state index contributed by atoms with van der Waals surface area (Å²) in [7, 11) is 1.43. The average Bonchev–Trinajstić information content (AvgIpc) is 3.27. The summed E-state index contributed by atoms with van der Waals surface area (Å²) >= 11 is 1.71. The molecule has 0 bridgehead atoms. The standard InChI is InChI=1S/C22H30N2O4S/c1-27-22(26)19-6-9-24(10-7-19)14-20(25)15-28-21-4-2-17(3-5-21)12-23-13-18-8-11-29-16-18/h2-5,8,11,16,19-20,23,25H,6-7,9-10,12-15H2,1H3/t20-/m0/s1. The number of thiophene rings is 1. The van der Waals surface area contributed by atoms with Gasteiger partial charge in [0.25, 0.3) is 0 Å². The van der Waals surface area contributed by atoms with Crippen molar-refractivity contribution in [2.45, 2.75) is 32.0 Å². The number of esters is 1. The summed E-state index contributed by atoms with van der Waals surface area (Å²) in [5, 5.41) is 17.9. The summed E-state index contributed by atoms with van der Waals surface area (Å²) in [5.41, 5.74) is 2.50. The third kappa shape index (κ3) is 7.12. The summed E-state index contributed by atoms with van der Waals surface area (Å²) in [6.45, 7) is 4.07. The minimum atomic E-state index is -0.559. The molecule has 2 N–H and O–H groups in total. The van der Waals surface area contributed by atoms with Crippen LogP contribution in [0.15, 0.2) is 41.1 Å². The predicted octanol–water partition coefficient (Wildman–Crippen LogP) is 2.66. The van der Waals surface area contributed by atoms with Crippen LogP contribution in [0.4, 0.5) is 0 Å². The van der Waals surface area contributed by atoms with Gasteiger partial charge in [0, 0.05) is 19.6 Å². The number of likely N-dealkylation sites (tertiary alicyclic amines) is 1. The lowest BCUT2D eigenvalue weighted by molar-refractivity contribution is -0.147. The molecule has 2 heterocycles. The molecular weight excluding hydrogens is 388 g/mol. The van der Waals surface area contributed by atoms with E-state index < -0.39 is 6.10 Å². The van der Waals surface area contributed by atoms with Crippen molar-refractivity contribution in [3.8, 4) is 5.75 Å². The Labute approximate surface area is 176 Å². The lowest BCUT2D eigenvalue weighted by atomic mass is 9.97. The second-order valence-corrected chi connectivity index (χ2v) is 8.22. The van der Waals surface area contributed by atoms with Gasteiger partial charge < -0.3 is 24.8 Å². The van der Waals surface area contributed by atoms with Crippen LogP contribution < -0.4 is 10.1 Å². The number of nitrogens with zero attached hydrogens (tertiary/aromatic N) is 1. The molecule has 0 radical (unpaired) electrons. The fraction of sp³-hybridized carbons (Fsp3) is 0.500. The van der Waals surface area contributed by atoms with Crippen molar-refractivity contribution in [1.82, 2.24) is 10.2 Å². The minimum Gasteiger partial charge on any atom is -0.491 e. The average molecular weight is 419 g/mol. The summed E-state index contributed by atoms with van der Waals surface area (Å²) < 4.78 is 10.5. The van der Waals surface area contributed by atoms with Crippen molar-refractivity contribution in [1.29, 1.82) is 0 Å². The molecule has 158 valence electrons. The quantitative estimate of drug-likeness (QED) is 0.578. The first-order valence-electron chi connectivity index (χ1n) is 10.1. The zero-order valence-corrected chi connectivity index (χ0v) is 17.7. The van der Waals surface area contributed by atoms with E-state index >= 15 is 0 Å². The molecule has 0 spiro atoms. The van der Waals surface area contributed by atoms with Crippen LogP contribution in [-0.2, 0) is 22.6 Å². The highest BCUT2D eigenvalue weighted by atomic mass is 32.1. The molecule has 1 aromatic heterocycles. The lowest BCUT2D eigenvalue weighted by Crippen LogP contribution is -2.42. The Kier molecular flexibility index (Phi) is 8.49. The summed E-state index contributed by atoms with van der Waals surface area (Å²) in [4.78, 5) is 13.8. The molecule has 1 aliphatic rings. The van der Waals surface area contributed by atoms with E-state index in [0.717, 1.165) is 44.8 Å². The first-order valence-corrected chi connectivity index (χ1v) is 11.0. The van der Waals surface area contributed by atoms with Gasteiger partial charge in [-0.25, -0.2) is 0 Å². The van der Waals surface area contributed by atoms with Crippen LogP contribution in [0.3, 0.4) is 0 Å². The third-order valence-electron chi connectivity index (χ3n) is 5.20. The van der Waals surface area contributed by atoms with Crippen LogP contribution in [0.2, 0.25) is 0 Å². The van der Waals surface area contributed by atoms with Gasteiger partial charge in [0.05, 0.1) is 13.0 Å². The fourth-order valence-corrected chi connectivity index (χ4v) is 4.18. The zero-order chi connectivity index (χ0) is 20.5. The monoisotopic (exact) mass is 418 g/mol. The number of nitrogens with one attached hydrogen (secondary N) is 1. The number of carbonyl (C=O) groups excluding carboxylic acids is 1. The largest absolute Gasteiger partial charge is 0.491 e. The molecule has 1 aliphatic heterocycles. The minimum absolute atomic E-state index is 0.0112. The number of rotatable bonds is 10. The molecule has 0 amide bonds. The number of aliphatic hydroxyl groups excluding tert-OH is 1. The SMILES string of the molecule is COC(=O)C1CCN(C[C@H](O)COc2ccc(CNCc3ccsc3)cc2)CC1. The fourth-order valence-electron chi connectivity index (χ4n) is 3.51. The second kappa shape index (κ2) is 11.3. The molecule has 0 aliphatic carbocycles. The van der Waals surface area contributed by atoms with Crippen molar-refractivity contribution >= 4 is 17.3 Å². The van der Waals surface area contributed by atoms with E-state index in [9.17, 15) is 9.90 Å². The first kappa shape index (κ1) is 21.8. The molecule has 2 aromatic rings. The molecule has 6 nitrogen and oxygen atoms in total. The number of piperidine rings is 1. The Hall–Kier alpha value is -1.93. The van der Waals surface area contributed by atoms with Crippen molar-refractivity contribution < 1.29 is 19.4 Å². The number of β-amino-alcohol motifs (C(OH)–C–C–N with tert-alkyl or cyclic N) is 1. The molecule has 29 heavy (non-hydrogen) atoms. The highest BCUT2D eigenvalue weighted by Gasteiger charge is 2.26. The summed E-state index contributed by atoms with van der Waals surface area (Å²) in [5.74, 6) is 0.622. The van der Waals surface area contributed by atoms with Gasteiger partial charge in [0.2, 0.25) is 0 Å². The van der Waals surface area contributed by atoms with Gasteiger partial charge in [-0.05, 0) is 66.0 Å². The van der Waals surface area contributed by atoms with Crippen molar-refractivity contribution in [2.75, 3.05) is 33.4 Å². The number of ether oxygens (including phenoxy) is 2. The van der Waals surface area contributed by atoms with E-state index in [2.05, 4.69) is 27.0 Å². The van der Waals surface area contributed by atoms with E-state index in [1.165, 1.54) is 18.2 Å². The molecule has 3 rings (SSSR count). The van der Waals surface area contributed by atoms with Gasteiger partial charge in [0.1, 0.15) is 18.5 Å². The Morgan fingerprint density at radius 2 is 1.93 bits per heavy atom.